The molecule has 0 saturated carbocycles. The summed E-state index contributed by atoms with van der Waals surface area (Å²) in [6, 6.07) is 2.38. The molecule has 376 valence electrons. The van der Waals surface area contributed by atoms with Crippen LogP contribution in [0.5, 0.6) is 5.75 Å². The summed E-state index contributed by atoms with van der Waals surface area (Å²) in [5.74, 6) is -3.89. The average Bonchev–Trinajstić information content (AvgIpc) is 3.79. The molecule has 3 fully saturated rings. The van der Waals surface area contributed by atoms with Gasteiger partial charge >= 0.3 is 12.1 Å². The van der Waals surface area contributed by atoms with Crippen molar-refractivity contribution in [2.24, 2.45) is 5.92 Å². The number of likely N-dealkylation sites (N-methyl/N-ethyl adjacent to an activating group) is 1. The number of aliphatic hydroxyl groups is 1. The van der Waals surface area contributed by atoms with Crippen LogP contribution >= 0.6 is 23.4 Å². The number of allylic oxidation sites excluding steroid dienone is 3. The minimum Gasteiger partial charge on any atom is -0.495 e. The van der Waals surface area contributed by atoms with Crippen molar-refractivity contribution in [1.82, 2.24) is 20.0 Å². The van der Waals surface area contributed by atoms with Crippen molar-refractivity contribution in [2.75, 3.05) is 46.3 Å². The number of hydrogen-bond donors (Lipinski definition) is 2. The van der Waals surface area contributed by atoms with Crippen LogP contribution < -0.4 is 15.0 Å². The SMILES string of the molecule is COc1cc2cc(c1Cl)N(C)C(=O)C[C@H](OC(=O)[C@H](C)N(C)C(=O)CCC(C)(C)SC1CC(=O)N(CCN3C(=O)C=CC3=O)C1=O)[C@]1(C)O[C@H]1[C@H](C)[C@@H]1C[C@@](O)(NC(=O)O1)[C@H](OC)/C=C/C=C(\C)C2. The molecule has 0 radical (unpaired) electrons. The molecule has 21 heteroatoms. The van der Waals surface area contributed by atoms with E-state index in [0.717, 1.165) is 33.1 Å². The molecule has 1 aromatic carbocycles. The monoisotopic (exact) mass is 999 g/mol. The van der Waals surface area contributed by atoms with Crippen LogP contribution in [0.2, 0.25) is 5.02 Å². The number of alkyl carbamates (subject to hydrolysis) is 1. The number of nitrogens with zero attached hydrogens (tertiary/aromatic N) is 4. The van der Waals surface area contributed by atoms with Gasteiger partial charge < -0.3 is 38.6 Å². The zero-order chi connectivity index (χ0) is 50.9. The van der Waals surface area contributed by atoms with E-state index in [-0.39, 0.29) is 43.8 Å². The number of ether oxygens (including phenoxy) is 5. The molecule has 7 amide bonds. The van der Waals surface area contributed by atoms with Crippen LogP contribution in [0.25, 0.3) is 0 Å². The van der Waals surface area contributed by atoms with Crippen LogP contribution in [0, 0.1) is 5.92 Å². The van der Waals surface area contributed by atoms with Gasteiger partial charge in [0.05, 0.1) is 30.6 Å². The number of anilines is 1. The molecule has 4 bridgehead atoms. The predicted molar refractivity (Wildman–Crippen MR) is 253 cm³/mol. The van der Waals surface area contributed by atoms with E-state index >= 15 is 0 Å². The Bertz CT molecular complexity index is 2340. The highest BCUT2D eigenvalue weighted by Crippen LogP contribution is 2.49. The second kappa shape index (κ2) is 21.0. The number of nitrogens with one attached hydrogen (secondary N) is 1. The van der Waals surface area contributed by atoms with Gasteiger partial charge in [0.2, 0.25) is 23.6 Å². The quantitative estimate of drug-likeness (QED) is 0.162. The van der Waals surface area contributed by atoms with Crippen molar-refractivity contribution >= 4 is 76.6 Å². The van der Waals surface area contributed by atoms with E-state index in [9.17, 15) is 43.5 Å². The average molecular weight is 1000 g/mol. The fourth-order valence-corrected chi connectivity index (χ4v) is 10.8. The van der Waals surface area contributed by atoms with Gasteiger partial charge in [-0.15, -0.1) is 11.8 Å². The molecule has 9 atom stereocenters. The summed E-state index contributed by atoms with van der Waals surface area (Å²) >= 11 is 8.06. The first-order chi connectivity index (χ1) is 32.3. The maximum absolute atomic E-state index is 14.4. The summed E-state index contributed by atoms with van der Waals surface area (Å²) in [6.07, 6.45) is 2.76. The number of carbonyl (C=O) groups is 8. The van der Waals surface area contributed by atoms with E-state index in [1.807, 2.05) is 26.8 Å². The van der Waals surface area contributed by atoms with Crippen LogP contribution in [0.3, 0.4) is 0 Å². The van der Waals surface area contributed by atoms with Crippen LogP contribution in [0.1, 0.15) is 79.2 Å². The fourth-order valence-electron chi connectivity index (χ4n) is 9.08. The summed E-state index contributed by atoms with van der Waals surface area (Å²) in [5, 5.41) is 13.8. The molecule has 19 nitrogen and oxygen atoms in total. The predicted octanol–water partition coefficient (Wildman–Crippen LogP) is 3.86. The second-order valence-electron chi connectivity index (χ2n) is 19.0. The zero-order valence-corrected chi connectivity index (χ0v) is 42.1. The van der Waals surface area contributed by atoms with E-state index in [0.29, 0.717) is 17.9 Å². The van der Waals surface area contributed by atoms with Crippen molar-refractivity contribution in [1.29, 1.82) is 0 Å². The number of likely N-dealkylation sites (tertiary alicyclic amines) is 1. The third kappa shape index (κ3) is 11.7. The Labute approximate surface area is 410 Å². The molecule has 1 unspecified atom stereocenters. The molecule has 69 heavy (non-hydrogen) atoms. The molecule has 3 saturated heterocycles. The molecule has 6 rings (SSSR count). The number of thioether (sulfide) groups is 1. The Hall–Kier alpha value is -5.28. The maximum atomic E-state index is 14.4. The molecule has 0 aromatic heterocycles. The van der Waals surface area contributed by atoms with E-state index < -0.39 is 112 Å². The number of halogens is 1. The van der Waals surface area contributed by atoms with Crippen LogP contribution in [0.4, 0.5) is 10.5 Å². The molecule has 5 heterocycles. The van der Waals surface area contributed by atoms with Gasteiger partial charge in [0.15, 0.2) is 5.72 Å². The Balaban J connectivity index is 1.17. The third-order valence-corrected chi connectivity index (χ3v) is 15.5. The number of imide groups is 2. The largest absolute Gasteiger partial charge is 0.495 e. The fraction of sp³-hybridized carbons (Fsp3) is 0.583. The highest BCUT2D eigenvalue weighted by molar-refractivity contribution is 8.02. The standard InChI is InChI=1S/C48H62ClN5O14S/c1-26-12-11-13-34(65-10)48(63)25-32(66-45(62)50-48)27(2)42-47(6,68-42)35(24-39(58)52(8)30-21-29(20-26)22-31(64-9)41(30)49)67-44(61)28(3)51(7)36(55)16-17-46(4,5)69-33-23-40(59)54(43(33)60)19-18-53-37(56)14-15-38(53)57/h11-15,21-22,27-28,32-35,42,63H,16-20,23-25H2,1-10H3,(H,50,62)/b13-11+,26-12+/t27-,28+,32+,33?,34-,35+,42+,47+,48+/m1/s1. The van der Waals surface area contributed by atoms with E-state index in [1.165, 1.54) is 49.8 Å². The molecule has 1 aromatic rings. The first kappa shape index (κ1) is 53.1. The highest BCUT2D eigenvalue weighted by Gasteiger charge is 2.64. The summed E-state index contributed by atoms with van der Waals surface area (Å²) in [5.41, 5.74) is -1.20. The van der Waals surface area contributed by atoms with Gasteiger partial charge in [0, 0.05) is 76.4 Å². The van der Waals surface area contributed by atoms with Gasteiger partial charge in [0.1, 0.15) is 40.7 Å². The Morgan fingerprint density at radius 2 is 1.72 bits per heavy atom. The summed E-state index contributed by atoms with van der Waals surface area (Å²) in [7, 11) is 5.87. The van der Waals surface area contributed by atoms with Crippen LogP contribution in [0.15, 0.2) is 48.1 Å². The van der Waals surface area contributed by atoms with Gasteiger partial charge in [-0.05, 0) is 51.3 Å². The number of epoxide rings is 1. The highest BCUT2D eigenvalue weighted by atomic mass is 35.5. The molecule has 0 spiro atoms. The number of esters is 1. The normalized spacial score (nSPS) is 30.3. The second-order valence-corrected chi connectivity index (χ2v) is 21.3. The number of methoxy groups -OCH3 is 2. The van der Waals surface area contributed by atoms with Gasteiger partial charge in [-0.25, -0.2) is 9.59 Å². The molecule has 5 aliphatic rings. The van der Waals surface area contributed by atoms with Crippen molar-refractivity contribution < 1.29 is 67.1 Å². The van der Waals surface area contributed by atoms with Crippen molar-refractivity contribution in [3.8, 4) is 5.75 Å². The first-order valence-electron chi connectivity index (χ1n) is 22.7. The minimum atomic E-state index is -1.88. The lowest BCUT2D eigenvalue weighted by Crippen LogP contribution is -2.63. The lowest BCUT2D eigenvalue weighted by molar-refractivity contribution is -0.162. The van der Waals surface area contributed by atoms with Gasteiger partial charge in [-0.1, -0.05) is 56.2 Å². The van der Waals surface area contributed by atoms with E-state index in [1.54, 1.807) is 45.2 Å². The molecule has 2 N–H and O–H groups in total. The van der Waals surface area contributed by atoms with Gasteiger partial charge in [0.25, 0.3) is 11.8 Å². The minimum absolute atomic E-state index is 0.0361. The van der Waals surface area contributed by atoms with Crippen molar-refractivity contribution in [3.05, 3.63) is 58.7 Å². The molecule has 0 aliphatic carbocycles. The summed E-state index contributed by atoms with van der Waals surface area (Å²) in [6.45, 7) is 10.3. The number of benzene rings is 1. The molecular weight excluding hydrogens is 938 g/mol. The third-order valence-electron chi connectivity index (χ3n) is 13.6. The molecule has 5 aliphatic heterocycles. The van der Waals surface area contributed by atoms with E-state index in [2.05, 4.69) is 5.32 Å². The van der Waals surface area contributed by atoms with Crippen LogP contribution in [-0.4, -0.2) is 160 Å². The Morgan fingerprint density at radius 3 is 2.38 bits per heavy atom. The number of carbonyl (C=O) groups excluding carboxylic acids is 8. The summed E-state index contributed by atoms with van der Waals surface area (Å²) < 4.78 is 28.7. The Morgan fingerprint density at radius 1 is 1.06 bits per heavy atom. The lowest BCUT2D eigenvalue weighted by atomic mass is 9.83. The maximum Gasteiger partial charge on any atom is 0.409 e. The van der Waals surface area contributed by atoms with Gasteiger partial charge in [-0.2, -0.15) is 0 Å². The smallest absolute Gasteiger partial charge is 0.409 e. The zero-order valence-electron chi connectivity index (χ0n) is 40.6. The lowest BCUT2D eigenvalue weighted by Gasteiger charge is -2.42. The number of hydrogen-bond acceptors (Lipinski definition) is 15. The first-order valence-corrected chi connectivity index (χ1v) is 24.0. The van der Waals surface area contributed by atoms with Crippen molar-refractivity contribution in [3.63, 3.8) is 0 Å². The molecular formula is C48H62ClN5O14S. The Kier molecular flexibility index (Phi) is 16.1. The van der Waals surface area contributed by atoms with Crippen molar-refractivity contribution in [2.45, 2.75) is 132 Å². The van der Waals surface area contributed by atoms with Gasteiger partial charge in [-0.3, -0.25) is 43.9 Å². The summed E-state index contributed by atoms with van der Waals surface area (Å²) in [4.78, 5) is 110. The number of rotatable bonds is 13. The number of amides is 7. The number of fused-ring (bicyclic) bond motifs is 5. The van der Waals surface area contributed by atoms with Crippen LogP contribution in [-0.2, 0) is 58.9 Å². The topological polar surface area (TPSA) is 231 Å². The van der Waals surface area contributed by atoms with E-state index in [4.69, 9.17) is 35.3 Å².